The summed E-state index contributed by atoms with van der Waals surface area (Å²) in [5.74, 6) is 0.663. The van der Waals surface area contributed by atoms with E-state index in [1.165, 1.54) is 0 Å². The van der Waals surface area contributed by atoms with Crippen LogP contribution in [0.15, 0.2) is 11.6 Å². The minimum absolute atomic E-state index is 0.295. The second-order valence-electron chi connectivity index (χ2n) is 3.22. The van der Waals surface area contributed by atoms with Gasteiger partial charge >= 0.3 is 0 Å². The lowest BCUT2D eigenvalue weighted by molar-refractivity contribution is -0.126. The third-order valence-corrected chi connectivity index (χ3v) is 4.14. The number of hydrogen-bond donors (Lipinski definition) is 0. The molecule has 0 saturated carbocycles. The maximum Gasteiger partial charge on any atom is 0.228 e. The molecule has 1 rings (SSSR count). The number of allylic oxidation sites excluding steroid dienone is 1. The summed E-state index contributed by atoms with van der Waals surface area (Å²) in [7, 11) is 1.65. The summed E-state index contributed by atoms with van der Waals surface area (Å²) in [6.07, 6.45) is 1.07. The van der Waals surface area contributed by atoms with Crippen molar-refractivity contribution in [3.8, 4) is 0 Å². The van der Waals surface area contributed by atoms with Crippen molar-refractivity contribution < 1.29 is 4.79 Å². The van der Waals surface area contributed by atoms with Gasteiger partial charge < -0.3 is 4.67 Å². The lowest BCUT2D eigenvalue weighted by Crippen LogP contribution is -2.16. The average molecular weight is 254 g/mol. The van der Waals surface area contributed by atoms with Crippen molar-refractivity contribution in [3.05, 3.63) is 11.6 Å². The number of rotatable bonds is 2. The Morgan fingerprint density at radius 2 is 2.21 bits per heavy atom. The standard InChI is InChI=1S/C6H13NOP2.C3H5Cl/c1-5-3-4-7(6(5)8)10-9-2;1-3(2)4/h5,9-10H,3-4H2,1-2H3;1H2,2H3. The first-order chi connectivity index (χ1) is 6.49. The quantitative estimate of drug-likeness (QED) is 0.691. The van der Waals surface area contributed by atoms with E-state index in [0.717, 1.165) is 29.7 Å². The smallest absolute Gasteiger partial charge is 0.228 e. The van der Waals surface area contributed by atoms with Gasteiger partial charge in [-0.2, -0.15) is 0 Å². The molecule has 0 aromatic rings. The van der Waals surface area contributed by atoms with Gasteiger partial charge in [-0.3, -0.25) is 4.79 Å². The molecule has 82 valence electrons. The summed E-state index contributed by atoms with van der Waals surface area (Å²) < 4.78 is 2.00. The lowest BCUT2D eigenvalue weighted by Gasteiger charge is -2.13. The molecule has 1 fully saturated rings. The Morgan fingerprint density at radius 3 is 2.50 bits per heavy atom. The first-order valence-corrected chi connectivity index (χ1v) is 8.36. The molecule has 1 amide bonds. The molecule has 1 heterocycles. The fraction of sp³-hybridized carbons (Fsp3) is 0.667. The summed E-state index contributed by atoms with van der Waals surface area (Å²) in [5, 5.41) is 0.639. The van der Waals surface area contributed by atoms with Gasteiger partial charge in [0.05, 0.1) is 0 Å². The molecule has 0 aromatic heterocycles. The number of halogens is 1. The highest BCUT2D eigenvalue weighted by atomic mass is 35.5. The van der Waals surface area contributed by atoms with Gasteiger partial charge in [-0.25, -0.2) is 0 Å². The molecule has 1 aliphatic rings. The molecule has 1 aliphatic heterocycles. The Labute approximate surface area is 95.0 Å². The predicted molar refractivity (Wildman–Crippen MR) is 68.7 cm³/mol. The molecule has 1 saturated heterocycles. The van der Waals surface area contributed by atoms with Crippen LogP contribution in [-0.2, 0) is 4.79 Å². The Bertz CT molecular complexity index is 205. The van der Waals surface area contributed by atoms with E-state index < -0.39 is 0 Å². The number of amides is 1. The highest BCUT2D eigenvalue weighted by Crippen LogP contribution is 2.40. The molecular formula is C9H18ClNOP2. The minimum atomic E-state index is 0.295. The molecule has 5 heteroatoms. The van der Waals surface area contributed by atoms with Crippen molar-refractivity contribution >= 4 is 34.2 Å². The molecule has 0 bridgehead atoms. The highest BCUT2D eigenvalue weighted by Gasteiger charge is 2.26. The zero-order chi connectivity index (χ0) is 11.1. The predicted octanol–water partition coefficient (Wildman–Crippen LogP) is 3.43. The van der Waals surface area contributed by atoms with E-state index in [0.29, 0.717) is 16.9 Å². The number of hydrogen-bond acceptors (Lipinski definition) is 1. The van der Waals surface area contributed by atoms with Crippen LogP contribution in [0, 0.1) is 5.92 Å². The van der Waals surface area contributed by atoms with Gasteiger partial charge in [0, 0.05) is 25.9 Å². The Balaban J connectivity index is 0.000000364. The van der Waals surface area contributed by atoms with Gasteiger partial charge in [0.25, 0.3) is 0 Å². The largest absolute Gasteiger partial charge is 0.321 e. The van der Waals surface area contributed by atoms with Crippen molar-refractivity contribution in [3.63, 3.8) is 0 Å². The van der Waals surface area contributed by atoms with E-state index in [9.17, 15) is 4.79 Å². The van der Waals surface area contributed by atoms with Gasteiger partial charge in [0.1, 0.15) is 0 Å². The van der Waals surface area contributed by atoms with Crippen LogP contribution in [0.1, 0.15) is 20.3 Å². The van der Waals surface area contributed by atoms with Gasteiger partial charge in [-0.15, -0.1) is 0 Å². The third kappa shape index (κ3) is 5.96. The molecule has 14 heavy (non-hydrogen) atoms. The van der Waals surface area contributed by atoms with Crippen molar-refractivity contribution in [2.75, 3.05) is 13.2 Å². The fourth-order valence-electron chi connectivity index (χ4n) is 1.07. The van der Waals surface area contributed by atoms with Gasteiger partial charge in [-0.05, 0) is 20.0 Å². The van der Waals surface area contributed by atoms with Crippen molar-refractivity contribution in [1.82, 2.24) is 4.67 Å². The van der Waals surface area contributed by atoms with E-state index in [1.807, 2.05) is 11.6 Å². The molecule has 0 aliphatic carbocycles. The van der Waals surface area contributed by atoms with E-state index in [4.69, 9.17) is 11.6 Å². The van der Waals surface area contributed by atoms with Crippen LogP contribution in [-0.4, -0.2) is 23.8 Å². The van der Waals surface area contributed by atoms with Crippen LogP contribution in [0.3, 0.4) is 0 Å². The monoisotopic (exact) mass is 253 g/mol. The van der Waals surface area contributed by atoms with Crippen LogP contribution >= 0.6 is 28.3 Å². The second kappa shape index (κ2) is 7.63. The first-order valence-electron chi connectivity index (χ1n) is 4.53. The normalized spacial score (nSPS) is 22.1. The molecular weight excluding hydrogens is 236 g/mol. The number of carbonyl (C=O) groups is 1. The maximum absolute atomic E-state index is 11.2. The lowest BCUT2D eigenvalue weighted by atomic mass is 10.1. The number of nitrogens with zero attached hydrogens (tertiary/aromatic N) is 1. The second-order valence-corrected chi connectivity index (χ2v) is 7.30. The SMILES string of the molecule is C=C(C)Cl.CPPN1CCC(C)C1=O. The molecule has 2 nitrogen and oxygen atoms in total. The van der Waals surface area contributed by atoms with Crippen molar-refractivity contribution in [1.29, 1.82) is 0 Å². The molecule has 3 unspecified atom stereocenters. The molecule has 0 N–H and O–H groups in total. The zero-order valence-electron chi connectivity index (χ0n) is 8.93. The van der Waals surface area contributed by atoms with Crippen LogP contribution in [0.25, 0.3) is 0 Å². The van der Waals surface area contributed by atoms with Crippen LogP contribution in [0.2, 0.25) is 0 Å². The van der Waals surface area contributed by atoms with Crippen molar-refractivity contribution in [2.45, 2.75) is 20.3 Å². The molecule has 0 radical (unpaired) electrons. The fourth-order valence-corrected chi connectivity index (χ4v) is 3.39. The maximum atomic E-state index is 11.2. The summed E-state index contributed by atoms with van der Waals surface area (Å²) in [6.45, 7) is 10.2. The van der Waals surface area contributed by atoms with Gasteiger partial charge in [0.2, 0.25) is 5.91 Å². The average Bonchev–Trinajstić information content (AvgIpc) is 2.36. The molecule has 0 spiro atoms. The van der Waals surface area contributed by atoms with E-state index in [-0.39, 0.29) is 0 Å². The first kappa shape index (κ1) is 14.4. The summed E-state index contributed by atoms with van der Waals surface area (Å²) in [6, 6.07) is 0. The Kier molecular flexibility index (Phi) is 7.82. The Morgan fingerprint density at radius 1 is 1.71 bits per heavy atom. The van der Waals surface area contributed by atoms with E-state index in [1.54, 1.807) is 6.92 Å². The summed E-state index contributed by atoms with van der Waals surface area (Å²) in [4.78, 5) is 11.2. The highest BCUT2D eigenvalue weighted by molar-refractivity contribution is 8.10. The summed E-state index contributed by atoms with van der Waals surface area (Å²) in [5.41, 5.74) is 0. The third-order valence-electron chi connectivity index (χ3n) is 1.72. The van der Waals surface area contributed by atoms with Crippen LogP contribution in [0.5, 0.6) is 0 Å². The van der Waals surface area contributed by atoms with E-state index in [2.05, 4.69) is 13.2 Å². The molecule has 3 atom stereocenters. The van der Waals surface area contributed by atoms with Gasteiger partial charge in [-0.1, -0.05) is 33.4 Å². The zero-order valence-corrected chi connectivity index (χ0v) is 11.7. The van der Waals surface area contributed by atoms with Crippen LogP contribution < -0.4 is 0 Å². The van der Waals surface area contributed by atoms with E-state index >= 15 is 0 Å². The van der Waals surface area contributed by atoms with Crippen LogP contribution in [0.4, 0.5) is 0 Å². The number of carbonyl (C=O) groups excluding carboxylic acids is 1. The van der Waals surface area contributed by atoms with Gasteiger partial charge in [0.15, 0.2) is 0 Å². The molecule has 0 aromatic carbocycles. The minimum Gasteiger partial charge on any atom is -0.321 e. The summed E-state index contributed by atoms with van der Waals surface area (Å²) >= 11 is 5.08. The Hall–Kier alpha value is 0.360. The topological polar surface area (TPSA) is 20.3 Å². The van der Waals surface area contributed by atoms with Crippen molar-refractivity contribution in [2.24, 2.45) is 5.92 Å².